The van der Waals surface area contributed by atoms with Gasteiger partial charge in [-0.05, 0) is 43.9 Å². The number of rotatable bonds is 12. The molecule has 0 radical (unpaired) electrons. The van der Waals surface area contributed by atoms with Crippen molar-refractivity contribution < 1.29 is 14.3 Å². The summed E-state index contributed by atoms with van der Waals surface area (Å²) in [7, 11) is 0. The number of ether oxygens (including phenoxy) is 1. The Bertz CT molecular complexity index is 846. The molecule has 5 nitrogen and oxygen atoms in total. The summed E-state index contributed by atoms with van der Waals surface area (Å²) in [5, 5.41) is 0. The van der Waals surface area contributed by atoms with Gasteiger partial charge in [-0.2, -0.15) is 0 Å². The average molecular weight is 457 g/mol. The molecule has 2 amide bonds. The molecule has 0 bridgehead atoms. The topological polar surface area (TPSA) is 49.9 Å². The van der Waals surface area contributed by atoms with E-state index in [4.69, 9.17) is 4.74 Å². The van der Waals surface area contributed by atoms with E-state index in [9.17, 15) is 9.59 Å². The number of carbonyl (C=O) groups excluding carboxylic acids is 2. The van der Waals surface area contributed by atoms with Crippen LogP contribution < -0.4 is 0 Å². The van der Waals surface area contributed by atoms with E-state index in [1.54, 1.807) is 16.2 Å². The maximum absolute atomic E-state index is 13.5. The normalized spacial score (nSPS) is 15.6. The predicted octanol–water partition coefficient (Wildman–Crippen LogP) is 5.17. The first-order chi connectivity index (χ1) is 15.5. The molecule has 0 N–H and O–H groups in total. The molecule has 1 aliphatic rings. The fourth-order valence-corrected chi connectivity index (χ4v) is 4.94. The van der Waals surface area contributed by atoms with Crippen molar-refractivity contribution in [2.75, 3.05) is 19.7 Å². The lowest BCUT2D eigenvalue weighted by atomic mass is 10.1. The molecule has 6 heteroatoms. The van der Waals surface area contributed by atoms with Gasteiger partial charge in [0, 0.05) is 35.9 Å². The van der Waals surface area contributed by atoms with Crippen LogP contribution in [0.1, 0.15) is 60.8 Å². The molecule has 1 aromatic carbocycles. The van der Waals surface area contributed by atoms with E-state index in [1.165, 1.54) is 4.88 Å². The Labute approximate surface area is 196 Å². The molecule has 0 spiro atoms. The van der Waals surface area contributed by atoms with Crippen molar-refractivity contribution >= 4 is 23.2 Å². The number of benzene rings is 1. The van der Waals surface area contributed by atoms with Crippen molar-refractivity contribution in [3.8, 4) is 0 Å². The smallest absolute Gasteiger partial charge is 0.242 e. The monoisotopic (exact) mass is 456 g/mol. The van der Waals surface area contributed by atoms with Gasteiger partial charge in [-0.25, -0.2) is 0 Å². The van der Waals surface area contributed by atoms with E-state index in [0.29, 0.717) is 26.1 Å². The molecule has 1 fully saturated rings. The lowest BCUT2D eigenvalue weighted by Crippen LogP contribution is -2.45. The van der Waals surface area contributed by atoms with Crippen LogP contribution in [-0.4, -0.2) is 47.4 Å². The highest BCUT2D eigenvalue weighted by molar-refractivity contribution is 7.11. The number of unbranched alkanes of at least 4 members (excludes halogenated alkanes) is 2. The quantitative estimate of drug-likeness (QED) is 0.414. The van der Waals surface area contributed by atoms with E-state index in [1.807, 2.05) is 35.2 Å². The van der Waals surface area contributed by atoms with E-state index in [2.05, 4.69) is 26.0 Å². The van der Waals surface area contributed by atoms with Crippen molar-refractivity contribution in [1.82, 2.24) is 9.80 Å². The van der Waals surface area contributed by atoms with Crippen LogP contribution in [0.25, 0.3) is 0 Å². The molecule has 0 saturated carbocycles. The molecule has 32 heavy (non-hydrogen) atoms. The number of thiophene rings is 1. The summed E-state index contributed by atoms with van der Waals surface area (Å²) in [6.45, 7) is 6.67. The summed E-state index contributed by atoms with van der Waals surface area (Å²) in [6, 6.07) is 14.2. The zero-order valence-electron chi connectivity index (χ0n) is 19.4. The van der Waals surface area contributed by atoms with Gasteiger partial charge in [-0.3, -0.25) is 9.59 Å². The first-order valence-electron chi connectivity index (χ1n) is 11.8. The van der Waals surface area contributed by atoms with Crippen molar-refractivity contribution in [3.63, 3.8) is 0 Å². The van der Waals surface area contributed by atoms with Gasteiger partial charge in [0.05, 0.1) is 19.2 Å². The molecule has 2 heterocycles. The van der Waals surface area contributed by atoms with Crippen molar-refractivity contribution in [1.29, 1.82) is 0 Å². The second kappa shape index (κ2) is 12.8. The average Bonchev–Trinajstić information content (AvgIpc) is 3.45. The number of aryl methyl sites for hydroxylation is 1. The van der Waals surface area contributed by atoms with Crippen LogP contribution in [0.5, 0.6) is 0 Å². The van der Waals surface area contributed by atoms with Crippen LogP contribution in [-0.2, 0) is 27.4 Å². The first-order valence-corrected chi connectivity index (χ1v) is 12.6. The SMILES string of the molecule is CCCCCC(=O)N(CC(=O)N(Cc1ccccc1)Cc1ccc(C)s1)CC1CCCO1. The second-order valence-electron chi connectivity index (χ2n) is 8.61. The van der Waals surface area contributed by atoms with Crippen molar-refractivity contribution in [2.24, 2.45) is 0 Å². The third kappa shape index (κ3) is 7.75. The van der Waals surface area contributed by atoms with Gasteiger partial charge in [-0.15, -0.1) is 11.3 Å². The summed E-state index contributed by atoms with van der Waals surface area (Å²) < 4.78 is 5.78. The van der Waals surface area contributed by atoms with Gasteiger partial charge in [0.1, 0.15) is 0 Å². The lowest BCUT2D eigenvalue weighted by Gasteiger charge is -2.29. The zero-order valence-corrected chi connectivity index (χ0v) is 20.2. The third-order valence-corrected chi connectivity index (χ3v) is 6.82. The molecule has 1 atom stereocenters. The molecule has 0 aliphatic carbocycles. The maximum Gasteiger partial charge on any atom is 0.242 e. The molecular weight excluding hydrogens is 420 g/mol. The number of carbonyl (C=O) groups is 2. The number of hydrogen-bond acceptors (Lipinski definition) is 4. The summed E-state index contributed by atoms with van der Waals surface area (Å²) in [5.41, 5.74) is 1.09. The van der Waals surface area contributed by atoms with E-state index in [0.717, 1.165) is 49.2 Å². The molecule has 1 aromatic heterocycles. The highest BCUT2D eigenvalue weighted by atomic mass is 32.1. The lowest BCUT2D eigenvalue weighted by molar-refractivity contribution is -0.142. The molecule has 1 aliphatic heterocycles. The Kier molecular flexibility index (Phi) is 9.75. The standard InChI is InChI=1S/C26H36N2O3S/c1-3-4-6-13-25(29)28(18-23-12-9-16-31-23)20-26(30)27(17-22-10-7-5-8-11-22)19-24-15-14-21(2)32-24/h5,7-8,10-11,14-15,23H,3-4,6,9,12-13,16-20H2,1-2H3. The Morgan fingerprint density at radius 2 is 1.84 bits per heavy atom. The van der Waals surface area contributed by atoms with Gasteiger partial charge < -0.3 is 14.5 Å². The first kappa shape index (κ1) is 24.5. The van der Waals surface area contributed by atoms with Crippen LogP contribution in [0.3, 0.4) is 0 Å². The number of nitrogens with zero attached hydrogens (tertiary/aromatic N) is 2. The van der Waals surface area contributed by atoms with Crippen LogP contribution in [0.4, 0.5) is 0 Å². The summed E-state index contributed by atoms with van der Waals surface area (Å²) in [6.07, 6.45) is 5.49. The highest BCUT2D eigenvalue weighted by Crippen LogP contribution is 2.20. The Morgan fingerprint density at radius 3 is 2.50 bits per heavy atom. The molecular formula is C26H36N2O3S. The molecule has 174 valence electrons. The van der Waals surface area contributed by atoms with Gasteiger partial charge in [0.2, 0.25) is 11.8 Å². The number of amides is 2. The fraction of sp³-hybridized carbons (Fsp3) is 0.538. The maximum atomic E-state index is 13.5. The Morgan fingerprint density at radius 1 is 1.03 bits per heavy atom. The van der Waals surface area contributed by atoms with Crippen LogP contribution >= 0.6 is 11.3 Å². The van der Waals surface area contributed by atoms with Crippen molar-refractivity contribution in [2.45, 2.75) is 71.6 Å². The third-order valence-electron chi connectivity index (χ3n) is 5.83. The fourth-order valence-electron chi connectivity index (χ4n) is 4.03. The summed E-state index contributed by atoms with van der Waals surface area (Å²) in [5.74, 6) is 0.0515. The Balaban J connectivity index is 1.71. The summed E-state index contributed by atoms with van der Waals surface area (Å²) >= 11 is 1.71. The van der Waals surface area contributed by atoms with Crippen LogP contribution in [0.2, 0.25) is 0 Å². The Hall–Kier alpha value is -2.18. The molecule has 3 rings (SSSR count). The minimum Gasteiger partial charge on any atom is -0.376 e. The van der Waals surface area contributed by atoms with E-state index < -0.39 is 0 Å². The molecule has 2 aromatic rings. The van der Waals surface area contributed by atoms with Crippen LogP contribution in [0.15, 0.2) is 42.5 Å². The molecule has 1 unspecified atom stereocenters. The predicted molar refractivity (Wildman–Crippen MR) is 129 cm³/mol. The minimum atomic E-state index is -0.0123. The number of hydrogen-bond donors (Lipinski definition) is 0. The van der Waals surface area contributed by atoms with E-state index in [-0.39, 0.29) is 24.5 Å². The second-order valence-corrected chi connectivity index (χ2v) is 9.99. The highest BCUT2D eigenvalue weighted by Gasteiger charge is 2.26. The minimum absolute atomic E-state index is 0.0123. The van der Waals surface area contributed by atoms with Gasteiger partial charge in [0.25, 0.3) is 0 Å². The summed E-state index contributed by atoms with van der Waals surface area (Å²) in [4.78, 5) is 32.5. The molecule has 1 saturated heterocycles. The largest absolute Gasteiger partial charge is 0.376 e. The van der Waals surface area contributed by atoms with E-state index >= 15 is 0 Å². The van der Waals surface area contributed by atoms with Gasteiger partial charge >= 0.3 is 0 Å². The zero-order chi connectivity index (χ0) is 22.8. The van der Waals surface area contributed by atoms with Gasteiger partial charge in [-0.1, -0.05) is 50.1 Å². The van der Waals surface area contributed by atoms with Crippen molar-refractivity contribution in [3.05, 3.63) is 57.8 Å². The van der Waals surface area contributed by atoms with Gasteiger partial charge in [0.15, 0.2) is 0 Å². The van der Waals surface area contributed by atoms with Crippen LogP contribution in [0, 0.1) is 6.92 Å².